The van der Waals surface area contributed by atoms with Gasteiger partial charge in [0.05, 0.1) is 0 Å². The molecule has 1 aliphatic heterocycles. The molecule has 1 rings (SSSR count). The van der Waals surface area contributed by atoms with Crippen LogP contribution >= 0.6 is 0 Å². The number of hydrogen-bond donors (Lipinski definition) is 1. The van der Waals surface area contributed by atoms with Crippen molar-refractivity contribution >= 4 is 0 Å². The molecule has 1 N–H and O–H groups in total. The molecular formula is C13H27FN2. The van der Waals surface area contributed by atoms with Crippen LogP contribution in [-0.4, -0.2) is 43.3 Å². The van der Waals surface area contributed by atoms with Gasteiger partial charge in [0, 0.05) is 31.7 Å². The van der Waals surface area contributed by atoms with E-state index in [1.807, 2.05) is 0 Å². The Balaban J connectivity index is 2.50. The number of nitrogens with one attached hydrogen (secondary N) is 1. The molecule has 0 aromatic rings. The Kier molecular flexibility index (Phi) is 5.70. The van der Waals surface area contributed by atoms with Crippen molar-refractivity contribution in [3.05, 3.63) is 0 Å². The lowest BCUT2D eigenvalue weighted by atomic mass is 9.95. The SMILES string of the molecule is CC(C)CC1CN(CCF)C(C(C)C)CN1. The van der Waals surface area contributed by atoms with E-state index in [1.54, 1.807) is 0 Å². The lowest BCUT2D eigenvalue weighted by Crippen LogP contribution is -2.58. The van der Waals surface area contributed by atoms with Crippen LogP contribution in [0.1, 0.15) is 34.1 Å². The summed E-state index contributed by atoms with van der Waals surface area (Å²) in [6.45, 7) is 11.3. The molecule has 2 atom stereocenters. The van der Waals surface area contributed by atoms with Gasteiger partial charge in [0.15, 0.2) is 0 Å². The maximum Gasteiger partial charge on any atom is 0.102 e. The first-order valence-electron chi connectivity index (χ1n) is 6.58. The molecule has 0 bridgehead atoms. The highest BCUT2D eigenvalue weighted by atomic mass is 19.1. The Morgan fingerprint density at radius 1 is 1.31 bits per heavy atom. The van der Waals surface area contributed by atoms with Crippen molar-refractivity contribution < 1.29 is 4.39 Å². The van der Waals surface area contributed by atoms with Crippen molar-refractivity contribution in [1.29, 1.82) is 0 Å². The average molecular weight is 230 g/mol. The van der Waals surface area contributed by atoms with Gasteiger partial charge in [-0.15, -0.1) is 0 Å². The zero-order valence-electron chi connectivity index (χ0n) is 11.2. The summed E-state index contributed by atoms with van der Waals surface area (Å²) >= 11 is 0. The summed E-state index contributed by atoms with van der Waals surface area (Å²) in [4.78, 5) is 2.33. The van der Waals surface area contributed by atoms with Crippen molar-refractivity contribution in [2.45, 2.75) is 46.2 Å². The van der Waals surface area contributed by atoms with Crippen LogP contribution in [0.25, 0.3) is 0 Å². The second-order valence-corrected chi connectivity index (χ2v) is 5.73. The number of halogens is 1. The summed E-state index contributed by atoms with van der Waals surface area (Å²) in [6, 6.07) is 1.04. The molecule has 1 saturated heterocycles. The maximum absolute atomic E-state index is 12.5. The van der Waals surface area contributed by atoms with Gasteiger partial charge in [-0.25, -0.2) is 4.39 Å². The van der Waals surface area contributed by atoms with Crippen LogP contribution in [0.4, 0.5) is 4.39 Å². The topological polar surface area (TPSA) is 15.3 Å². The highest BCUT2D eigenvalue weighted by Gasteiger charge is 2.29. The fraction of sp³-hybridized carbons (Fsp3) is 1.00. The smallest absolute Gasteiger partial charge is 0.102 e. The summed E-state index contributed by atoms with van der Waals surface area (Å²) in [5, 5.41) is 3.61. The number of piperazine rings is 1. The lowest BCUT2D eigenvalue weighted by Gasteiger charge is -2.42. The molecule has 0 saturated carbocycles. The second kappa shape index (κ2) is 6.55. The van der Waals surface area contributed by atoms with Crippen LogP contribution in [0, 0.1) is 11.8 Å². The van der Waals surface area contributed by atoms with E-state index in [2.05, 4.69) is 37.9 Å². The molecule has 0 aromatic carbocycles. The second-order valence-electron chi connectivity index (χ2n) is 5.73. The minimum atomic E-state index is -0.225. The van der Waals surface area contributed by atoms with Crippen LogP contribution in [0.5, 0.6) is 0 Å². The van der Waals surface area contributed by atoms with E-state index in [1.165, 1.54) is 6.42 Å². The van der Waals surface area contributed by atoms with Crippen molar-refractivity contribution in [3.63, 3.8) is 0 Å². The zero-order valence-corrected chi connectivity index (χ0v) is 11.2. The summed E-state index contributed by atoms with van der Waals surface area (Å²) in [6.07, 6.45) is 1.19. The first-order valence-corrected chi connectivity index (χ1v) is 6.58. The molecule has 1 aliphatic rings. The Hall–Kier alpha value is -0.150. The van der Waals surface area contributed by atoms with Gasteiger partial charge in [0.25, 0.3) is 0 Å². The van der Waals surface area contributed by atoms with Gasteiger partial charge in [0.2, 0.25) is 0 Å². The standard InChI is InChI=1S/C13H27FN2/c1-10(2)7-12-9-16(6-5-14)13(8-15-12)11(3)4/h10-13,15H,5-9H2,1-4H3. The monoisotopic (exact) mass is 230 g/mol. The maximum atomic E-state index is 12.5. The lowest BCUT2D eigenvalue weighted by molar-refractivity contribution is 0.0859. The van der Waals surface area contributed by atoms with E-state index in [0.717, 1.165) is 13.1 Å². The minimum absolute atomic E-state index is 0.225. The molecule has 0 radical (unpaired) electrons. The van der Waals surface area contributed by atoms with Crippen LogP contribution in [0.15, 0.2) is 0 Å². The van der Waals surface area contributed by atoms with Gasteiger partial charge in [0.1, 0.15) is 6.67 Å². The molecule has 2 nitrogen and oxygen atoms in total. The predicted octanol–water partition coefficient (Wildman–Crippen LogP) is 2.30. The average Bonchev–Trinajstić information content (AvgIpc) is 2.17. The highest BCUT2D eigenvalue weighted by Crippen LogP contribution is 2.17. The van der Waals surface area contributed by atoms with Crippen molar-refractivity contribution in [2.75, 3.05) is 26.3 Å². The molecule has 16 heavy (non-hydrogen) atoms. The Bertz CT molecular complexity index is 194. The predicted molar refractivity (Wildman–Crippen MR) is 67.4 cm³/mol. The molecule has 2 unspecified atom stereocenters. The van der Waals surface area contributed by atoms with E-state index >= 15 is 0 Å². The third-order valence-corrected chi connectivity index (χ3v) is 3.44. The van der Waals surface area contributed by atoms with Crippen LogP contribution in [0.3, 0.4) is 0 Å². The number of rotatable bonds is 5. The van der Waals surface area contributed by atoms with Crippen LogP contribution in [0.2, 0.25) is 0 Å². The first kappa shape index (κ1) is 13.9. The molecule has 3 heteroatoms. The van der Waals surface area contributed by atoms with Gasteiger partial charge in [-0.05, 0) is 18.3 Å². The normalized spacial score (nSPS) is 27.9. The van der Waals surface area contributed by atoms with Gasteiger partial charge >= 0.3 is 0 Å². The largest absolute Gasteiger partial charge is 0.311 e. The first-order chi connectivity index (χ1) is 7.54. The minimum Gasteiger partial charge on any atom is -0.311 e. The van der Waals surface area contributed by atoms with E-state index < -0.39 is 0 Å². The third-order valence-electron chi connectivity index (χ3n) is 3.44. The Labute approximate surface area is 99.6 Å². The fourth-order valence-electron chi connectivity index (χ4n) is 2.65. The molecular weight excluding hydrogens is 203 g/mol. The molecule has 96 valence electrons. The number of alkyl halides is 1. The van der Waals surface area contributed by atoms with E-state index in [-0.39, 0.29) is 6.67 Å². The fourth-order valence-corrected chi connectivity index (χ4v) is 2.65. The van der Waals surface area contributed by atoms with Crippen LogP contribution in [-0.2, 0) is 0 Å². The van der Waals surface area contributed by atoms with Crippen molar-refractivity contribution in [2.24, 2.45) is 11.8 Å². The van der Waals surface area contributed by atoms with E-state index in [4.69, 9.17) is 0 Å². The van der Waals surface area contributed by atoms with Crippen molar-refractivity contribution in [3.8, 4) is 0 Å². The molecule has 0 spiro atoms. The quantitative estimate of drug-likeness (QED) is 0.779. The van der Waals surface area contributed by atoms with E-state index in [9.17, 15) is 4.39 Å². The Morgan fingerprint density at radius 3 is 2.50 bits per heavy atom. The van der Waals surface area contributed by atoms with Crippen molar-refractivity contribution in [1.82, 2.24) is 10.2 Å². The van der Waals surface area contributed by atoms with Gasteiger partial charge in [-0.1, -0.05) is 27.7 Å². The zero-order chi connectivity index (χ0) is 12.1. The summed E-state index contributed by atoms with van der Waals surface area (Å²) < 4.78 is 12.5. The van der Waals surface area contributed by atoms with Gasteiger partial charge < -0.3 is 5.32 Å². The number of nitrogens with zero attached hydrogens (tertiary/aromatic N) is 1. The number of hydrogen-bond acceptors (Lipinski definition) is 2. The molecule has 0 aromatic heterocycles. The summed E-state index contributed by atoms with van der Waals surface area (Å²) in [5.41, 5.74) is 0. The van der Waals surface area contributed by atoms with Crippen LogP contribution < -0.4 is 5.32 Å². The molecule has 0 amide bonds. The Morgan fingerprint density at radius 2 is 2.00 bits per heavy atom. The summed E-state index contributed by atoms with van der Waals surface area (Å²) in [5.74, 6) is 1.30. The van der Waals surface area contributed by atoms with Gasteiger partial charge in [-0.3, -0.25) is 4.90 Å². The third kappa shape index (κ3) is 4.02. The molecule has 1 fully saturated rings. The molecule has 1 heterocycles. The highest BCUT2D eigenvalue weighted by molar-refractivity contribution is 4.87. The van der Waals surface area contributed by atoms with Gasteiger partial charge in [-0.2, -0.15) is 0 Å². The van der Waals surface area contributed by atoms with E-state index in [0.29, 0.717) is 30.5 Å². The molecule has 0 aliphatic carbocycles. The summed E-state index contributed by atoms with van der Waals surface area (Å²) in [7, 11) is 0.